The van der Waals surface area contributed by atoms with Crippen LogP contribution in [0.3, 0.4) is 0 Å². The third-order valence-electron chi connectivity index (χ3n) is 4.39. The Hall–Kier alpha value is -3.15. The van der Waals surface area contributed by atoms with Gasteiger partial charge in [0.25, 0.3) is 5.91 Å². The molecule has 6 nitrogen and oxygen atoms in total. The van der Waals surface area contributed by atoms with Gasteiger partial charge in [0.1, 0.15) is 0 Å². The fourth-order valence-electron chi connectivity index (χ4n) is 2.51. The zero-order valence-electron chi connectivity index (χ0n) is 15.3. The van der Waals surface area contributed by atoms with Crippen LogP contribution < -0.4 is 10.6 Å². The molecule has 1 atom stereocenters. The second-order valence-electron chi connectivity index (χ2n) is 6.69. The van der Waals surface area contributed by atoms with E-state index in [1.807, 2.05) is 25.1 Å². The SMILES string of the molecule is Cc1ccccc1NC(=O)C(C)OC(=O)c1ccc(NC(=O)C2CC2)cc1. The highest BCUT2D eigenvalue weighted by Crippen LogP contribution is 2.30. The molecular formula is C21H22N2O4. The summed E-state index contributed by atoms with van der Waals surface area (Å²) < 4.78 is 5.24. The molecule has 0 aliphatic heterocycles. The van der Waals surface area contributed by atoms with E-state index in [0.29, 0.717) is 16.9 Å². The smallest absolute Gasteiger partial charge is 0.338 e. The van der Waals surface area contributed by atoms with Gasteiger partial charge in [-0.1, -0.05) is 18.2 Å². The summed E-state index contributed by atoms with van der Waals surface area (Å²) in [5, 5.41) is 5.56. The predicted octanol–water partition coefficient (Wildman–Crippen LogP) is 3.53. The van der Waals surface area contributed by atoms with E-state index >= 15 is 0 Å². The number of aryl methyl sites for hydroxylation is 1. The van der Waals surface area contributed by atoms with Crippen molar-refractivity contribution in [1.29, 1.82) is 0 Å². The van der Waals surface area contributed by atoms with Crippen LogP contribution in [0.5, 0.6) is 0 Å². The minimum atomic E-state index is -0.939. The average Bonchev–Trinajstić information content (AvgIpc) is 3.49. The summed E-state index contributed by atoms with van der Waals surface area (Å²) in [5.41, 5.74) is 2.55. The van der Waals surface area contributed by atoms with Gasteiger partial charge in [-0.25, -0.2) is 4.79 Å². The number of para-hydroxylation sites is 1. The maximum absolute atomic E-state index is 12.2. The van der Waals surface area contributed by atoms with Gasteiger partial charge in [0.15, 0.2) is 6.10 Å². The number of amides is 2. The van der Waals surface area contributed by atoms with Gasteiger partial charge in [-0.15, -0.1) is 0 Å². The highest BCUT2D eigenvalue weighted by Gasteiger charge is 2.29. The molecule has 0 aromatic heterocycles. The lowest BCUT2D eigenvalue weighted by Gasteiger charge is -2.15. The van der Waals surface area contributed by atoms with Crippen LogP contribution in [0.1, 0.15) is 35.7 Å². The van der Waals surface area contributed by atoms with Crippen molar-refractivity contribution in [2.75, 3.05) is 10.6 Å². The molecule has 0 radical (unpaired) electrons. The number of nitrogens with one attached hydrogen (secondary N) is 2. The fourth-order valence-corrected chi connectivity index (χ4v) is 2.51. The van der Waals surface area contributed by atoms with Crippen molar-refractivity contribution in [2.24, 2.45) is 5.92 Å². The van der Waals surface area contributed by atoms with E-state index in [2.05, 4.69) is 10.6 Å². The van der Waals surface area contributed by atoms with Crippen LogP contribution in [0.2, 0.25) is 0 Å². The summed E-state index contributed by atoms with van der Waals surface area (Å²) in [4.78, 5) is 36.2. The average molecular weight is 366 g/mol. The van der Waals surface area contributed by atoms with Gasteiger partial charge >= 0.3 is 5.97 Å². The van der Waals surface area contributed by atoms with Crippen molar-refractivity contribution >= 4 is 29.2 Å². The number of benzene rings is 2. The summed E-state index contributed by atoms with van der Waals surface area (Å²) in [6.07, 6.45) is 0.920. The van der Waals surface area contributed by atoms with E-state index in [1.54, 1.807) is 30.3 Å². The van der Waals surface area contributed by atoms with Crippen LogP contribution >= 0.6 is 0 Å². The Balaban J connectivity index is 1.55. The molecule has 1 fully saturated rings. The summed E-state index contributed by atoms with van der Waals surface area (Å²) in [7, 11) is 0. The molecule has 2 amide bonds. The van der Waals surface area contributed by atoms with Crippen LogP contribution in [0, 0.1) is 12.8 Å². The topological polar surface area (TPSA) is 84.5 Å². The van der Waals surface area contributed by atoms with Crippen molar-refractivity contribution < 1.29 is 19.1 Å². The second-order valence-corrected chi connectivity index (χ2v) is 6.69. The Kier molecular flexibility index (Phi) is 5.54. The summed E-state index contributed by atoms with van der Waals surface area (Å²) in [6, 6.07) is 13.8. The van der Waals surface area contributed by atoms with E-state index in [1.165, 1.54) is 6.92 Å². The molecule has 2 aromatic rings. The van der Waals surface area contributed by atoms with Gasteiger partial charge in [0.05, 0.1) is 5.56 Å². The first-order chi connectivity index (χ1) is 12.9. The quantitative estimate of drug-likeness (QED) is 0.766. The number of carbonyl (C=O) groups excluding carboxylic acids is 3. The van der Waals surface area contributed by atoms with Crippen molar-refractivity contribution in [3.05, 3.63) is 59.7 Å². The van der Waals surface area contributed by atoms with E-state index in [0.717, 1.165) is 18.4 Å². The first-order valence-corrected chi connectivity index (χ1v) is 8.92. The van der Waals surface area contributed by atoms with Gasteiger partial charge in [-0.2, -0.15) is 0 Å². The Morgan fingerprint density at radius 1 is 1.00 bits per heavy atom. The number of ether oxygens (including phenoxy) is 1. The van der Waals surface area contributed by atoms with Crippen LogP contribution in [-0.4, -0.2) is 23.9 Å². The molecule has 1 unspecified atom stereocenters. The highest BCUT2D eigenvalue weighted by molar-refractivity contribution is 5.98. The molecule has 0 spiro atoms. The molecule has 0 bridgehead atoms. The number of hydrogen-bond acceptors (Lipinski definition) is 4. The van der Waals surface area contributed by atoms with Crippen LogP contribution in [0.4, 0.5) is 11.4 Å². The van der Waals surface area contributed by atoms with Crippen molar-refractivity contribution in [3.63, 3.8) is 0 Å². The predicted molar refractivity (Wildman–Crippen MR) is 102 cm³/mol. The minimum absolute atomic E-state index is 0.00632. The fraction of sp³-hybridized carbons (Fsp3) is 0.286. The third-order valence-corrected chi connectivity index (χ3v) is 4.39. The molecule has 1 aliphatic rings. The van der Waals surface area contributed by atoms with Gasteiger partial charge in [0, 0.05) is 17.3 Å². The molecule has 6 heteroatoms. The number of anilines is 2. The highest BCUT2D eigenvalue weighted by atomic mass is 16.5. The Bertz CT molecular complexity index is 857. The Labute approximate surface area is 157 Å². The number of rotatable bonds is 6. The number of esters is 1. The summed E-state index contributed by atoms with van der Waals surface area (Å²) in [5.74, 6) is -0.873. The van der Waals surface area contributed by atoms with Crippen molar-refractivity contribution in [3.8, 4) is 0 Å². The molecular weight excluding hydrogens is 344 g/mol. The standard InChI is InChI=1S/C21H22N2O4/c1-13-5-3-4-6-18(13)23-19(24)14(2)27-21(26)16-9-11-17(12-10-16)22-20(25)15-7-8-15/h3-6,9-12,14-15H,7-8H2,1-2H3,(H,22,25)(H,23,24). The van der Waals surface area contributed by atoms with Crippen molar-refractivity contribution in [1.82, 2.24) is 0 Å². The van der Waals surface area contributed by atoms with Gasteiger partial charge in [-0.05, 0) is 62.6 Å². The lowest BCUT2D eigenvalue weighted by Crippen LogP contribution is -2.30. The van der Waals surface area contributed by atoms with Crippen LogP contribution in [0.25, 0.3) is 0 Å². The van der Waals surface area contributed by atoms with E-state index in [-0.39, 0.29) is 11.8 Å². The summed E-state index contributed by atoms with van der Waals surface area (Å²) >= 11 is 0. The van der Waals surface area contributed by atoms with Crippen LogP contribution in [-0.2, 0) is 14.3 Å². The Morgan fingerprint density at radius 3 is 2.30 bits per heavy atom. The first kappa shape index (κ1) is 18.6. The zero-order valence-corrected chi connectivity index (χ0v) is 15.3. The normalized spacial score (nSPS) is 14.1. The second kappa shape index (κ2) is 8.03. The maximum Gasteiger partial charge on any atom is 0.338 e. The molecule has 3 rings (SSSR count). The zero-order chi connectivity index (χ0) is 19.4. The van der Waals surface area contributed by atoms with E-state index in [9.17, 15) is 14.4 Å². The molecule has 0 heterocycles. The lowest BCUT2D eigenvalue weighted by molar-refractivity contribution is -0.123. The molecule has 140 valence electrons. The van der Waals surface area contributed by atoms with Gasteiger partial charge < -0.3 is 15.4 Å². The monoisotopic (exact) mass is 366 g/mol. The van der Waals surface area contributed by atoms with Crippen molar-refractivity contribution in [2.45, 2.75) is 32.8 Å². The third kappa shape index (κ3) is 4.94. The summed E-state index contributed by atoms with van der Waals surface area (Å²) in [6.45, 7) is 3.41. The van der Waals surface area contributed by atoms with Crippen LogP contribution in [0.15, 0.2) is 48.5 Å². The molecule has 1 saturated carbocycles. The molecule has 1 aliphatic carbocycles. The molecule has 0 saturated heterocycles. The maximum atomic E-state index is 12.2. The largest absolute Gasteiger partial charge is 0.449 e. The van der Waals surface area contributed by atoms with E-state index in [4.69, 9.17) is 4.74 Å². The van der Waals surface area contributed by atoms with E-state index < -0.39 is 18.0 Å². The number of hydrogen-bond donors (Lipinski definition) is 2. The Morgan fingerprint density at radius 2 is 1.67 bits per heavy atom. The van der Waals surface area contributed by atoms with Gasteiger partial charge in [0.2, 0.25) is 5.91 Å². The first-order valence-electron chi connectivity index (χ1n) is 8.92. The molecule has 2 N–H and O–H groups in total. The minimum Gasteiger partial charge on any atom is -0.449 e. The number of carbonyl (C=O) groups is 3. The molecule has 2 aromatic carbocycles. The van der Waals surface area contributed by atoms with Gasteiger partial charge in [-0.3, -0.25) is 9.59 Å². The lowest BCUT2D eigenvalue weighted by atomic mass is 10.2. The molecule has 27 heavy (non-hydrogen) atoms.